The lowest BCUT2D eigenvalue weighted by atomic mass is 9.96. The molecule has 2 aromatic carbocycles. The zero-order chi connectivity index (χ0) is 24.2. The molecule has 5 rings (SSSR count). The van der Waals surface area contributed by atoms with Gasteiger partial charge in [-0.25, -0.2) is 0 Å². The number of nitrogens with zero attached hydrogens (tertiary/aromatic N) is 2. The van der Waals surface area contributed by atoms with Gasteiger partial charge in [-0.2, -0.15) is 0 Å². The van der Waals surface area contributed by atoms with Crippen molar-refractivity contribution in [2.24, 2.45) is 5.92 Å². The third-order valence-electron chi connectivity index (χ3n) is 6.81. The van der Waals surface area contributed by atoms with Gasteiger partial charge in [0.2, 0.25) is 0 Å². The molecule has 8 nitrogen and oxygen atoms in total. The lowest BCUT2D eigenvalue weighted by Crippen LogP contribution is -2.41. The molecule has 3 aromatic rings. The second kappa shape index (κ2) is 10.6. The van der Waals surface area contributed by atoms with Gasteiger partial charge in [-0.05, 0) is 79.4 Å². The van der Waals surface area contributed by atoms with Gasteiger partial charge in [0.1, 0.15) is 11.5 Å². The van der Waals surface area contributed by atoms with E-state index < -0.39 is 6.10 Å². The van der Waals surface area contributed by atoms with Gasteiger partial charge in [0.15, 0.2) is 6.61 Å². The Hall–Kier alpha value is -3.20. The van der Waals surface area contributed by atoms with E-state index in [1.54, 1.807) is 13.3 Å². The van der Waals surface area contributed by atoms with Crippen molar-refractivity contribution < 1.29 is 19.4 Å². The summed E-state index contributed by atoms with van der Waals surface area (Å²) in [5.74, 6) is 1.88. The summed E-state index contributed by atoms with van der Waals surface area (Å²) in [5.41, 5.74) is 3.59. The van der Waals surface area contributed by atoms with Crippen molar-refractivity contribution >= 4 is 22.5 Å². The largest absolute Gasteiger partial charge is 0.497 e. The van der Waals surface area contributed by atoms with Gasteiger partial charge >= 0.3 is 0 Å². The number of hydrogen-bond donors (Lipinski definition) is 3. The first kappa shape index (κ1) is 23.5. The molecule has 2 aliphatic rings. The van der Waals surface area contributed by atoms with Crippen molar-refractivity contribution in [2.75, 3.05) is 45.2 Å². The number of ether oxygens (including phenoxy) is 2. The highest BCUT2D eigenvalue weighted by Gasteiger charge is 2.23. The normalized spacial score (nSPS) is 19.0. The summed E-state index contributed by atoms with van der Waals surface area (Å²) in [6.45, 7) is 4.24. The SMILES string of the molecule is COc1ccc2nccc(C(O)CN3CCC[C@H](CNCc4ccc5c(c4)NC(=O)CO5)C3)c2c1. The monoisotopic (exact) mass is 476 g/mol. The maximum Gasteiger partial charge on any atom is 0.262 e. The molecule has 0 radical (unpaired) electrons. The molecule has 35 heavy (non-hydrogen) atoms. The van der Waals surface area contributed by atoms with Crippen LogP contribution in [0.1, 0.15) is 30.1 Å². The molecule has 0 aliphatic carbocycles. The number of pyridine rings is 1. The van der Waals surface area contributed by atoms with E-state index in [4.69, 9.17) is 9.47 Å². The van der Waals surface area contributed by atoms with Crippen molar-refractivity contribution in [3.8, 4) is 11.5 Å². The number of methoxy groups -OCH3 is 1. The number of piperidine rings is 1. The molecule has 1 unspecified atom stereocenters. The van der Waals surface area contributed by atoms with E-state index in [0.29, 0.717) is 12.5 Å². The van der Waals surface area contributed by atoms with Crippen LogP contribution in [0.25, 0.3) is 10.9 Å². The van der Waals surface area contributed by atoms with E-state index in [-0.39, 0.29) is 12.5 Å². The number of benzene rings is 2. The van der Waals surface area contributed by atoms with Crippen LogP contribution in [0.5, 0.6) is 11.5 Å². The third-order valence-corrected chi connectivity index (χ3v) is 6.81. The average Bonchev–Trinajstić information content (AvgIpc) is 2.88. The molecule has 0 bridgehead atoms. The Bertz CT molecular complexity index is 1200. The van der Waals surface area contributed by atoms with Gasteiger partial charge in [0.25, 0.3) is 5.91 Å². The Morgan fingerprint density at radius 2 is 2.20 bits per heavy atom. The molecule has 3 N–H and O–H groups in total. The van der Waals surface area contributed by atoms with Gasteiger partial charge in [-0.1, -0.05) is 6.07 Å². The highest BCUT2D eigenvalue weighted by atomic mass is 16.5. The Labute approximate surface area is 205 Å². The van der Waals surface area contributed by atoms with Gasteiger partial charge in [-0.15, -0.1) is 0 Å². The summed E-state index contributed by atoms with van der Waals surface area (Å²) in [6.07, 6.45) is 3.45. The number of carbonyl (C=O) groups excluding carboxylic acids is 1. The van der Waals surface area contributed by atoms with Crippen LogP contribution in [-0.4, -0.2) is 60.8 Å². The van der Waals surface area contributed by atoms with Gasteiger partial charge in [-0.3, -0.25) is 9.78 Å². The summed E-state index contributed by atoms with van der Waals surface area (Å²) >= 11 is 0. The molecule has 1 fully saturated rings. The number of carbonyl (C=O) groups is 1. The van der Waals surface area contributed by atoms with Crippen LogP contribution in [0.3, 0.4) is 0 Å². The molecule has 3 heterocycles. The summed E-state index contributed by atoms with van der Waals surface area (Å²) in [6, 6.07) is 13.6. The Balaban J connectivity index is 1.15. The Kier molecular flexibility index (Phi) is 7.13. The quantitative estimate of drug-likeness (QED) is 0.460. The fourth-order valence-electron chi connectivity index (χ4n) is 5.05. The summed E-state index contributed by atoms with van der Waals surface area (Å²) in [5, 5.41) is 18.5. The molecule has 8 heteroatoms. The zero-order valence-electron chi connectivity index (χ0n) is 20.0. The number of hydrogen-bond acceptors (Lipinski definition) is 7. The minimum absolute atomic E-state index is 0.0725. The predicted octanol–water partition coefficient (Wildman–Crippen LogP) is 3.11. The third kappa shape index (κ3) is 5.56. The van der Waals surface area contributed by atoms with Crippen LogP contribution >= 0.6 is 0 Å². The fraction of sp³-hybridized carbons (Fsp3) is 0.407. The smallest absolute Gasteiger partial charge is 0.262 e. The second-order valence-corrected chi connectivity index (χ2v) is 9.37. The highest BCUT2D eigenvalue weighted by molar-refractivity contribution is 5.95. The van der Waals surface area contributed by atoms with E-state index in [1.165, 1.54) is 6.42 Å². The summed E-state index contributed by atoms with van der Waals surface area (Å²) in [4.78, 5) is 18.4. The van der Waals surface area contributed by atoms with Crippen molar-refractivity contribution in [3.63, 3.8) is 0 Å². The molecule has 0 spiro atoms. The number of amides is 1. The van der Waals surface area contributed by atoms with E-state index in [2.05, 4.69) is 20.5 Å². The number of fused-ring (bicyclic) bond motifs is 2. The zero-order valence-corrected chi connectivity index (χ0v) is 20.0. The summed E-state index contributed by atoms with van der Waals surface area (Å²) in [7, 11) is 1.65. The number of aliphatic hydroxyl groups is 1. The lowest BCUT2D eigenvalue weighted by Gasteiger charge is -2.34. The first-order valence-electron chi connectivity index (χ1n) is 12.2. The first-order valence-corrected chi connectivity index (χ1v) is 12.2. The van der Waals surface area contributed by atoms with Crippen LogP contribution in [0, 0.1) is 5.92 Å². The minimum Gasteiger partial charge on any atom is -0.497 e. The fourth-order valence-corrected chi connectivity index (χ4v) is 5.05. The van der Waals surface area contributed by atoms with E-state index in [9.17, 15) is 9.90 Å². The maximum atomic E-state index is 11.6. The number of β-amino-alcohol motifs (C(OH)–C–C–N with tert-alkyl or cyclic N) is 1. The molecular formula is C27H32N4O4. The van der Waals surface area contributed by atoms with Crippen LogP contribution < -0.4 is 20.1 Å². The molecular weight excluding hydrogens is 444 g/mol. The molecule has 1 aromatic heterocycles. The van der Waals surface area contributed by atoms with Crippen LogP contribution in [0.4, 0.5) is 5.69 Å². The lowest BCUT2D eigenvalue weighted by molar-refractivity contribution is -0.118. The van der Waals surface area contributed by atoms with Gasteiger partial charge < -0.3 is 30.1 Å². The maximum absolute atomic E-state index is 11.6. The first-order chi connectivity index (χ1) is 17.1. The number of likely N-dealkylation sites (tertiary alicyclic amines) is 1. The number of aliphatic hydroxyl groups excluding tert-OH is 1. The van der Waals surface area contributed by atoms with Crippen LogP contribution in [0.2, 0.25) is 0 Å². The number of rotatable bonds is 8. The topological polar surface area (TPSA) is 96.0 Å². The van der Waals surface area contributed by atoms with Crippen molar-refractivity contribution in [1.29, 1.82) is 0 Å². The highest BCUT2D eigenvalue weighted by Crippen LogP contribution is 2.29. The van der Waals surface area contributed by atoms with Crippen LogP contribution in [-0.2, 0) is 11.3 Å². The van der Waals surface area contributed by atoms with Crippen LogP contribution in [0.15, 0.2) is 48.7 Å². The van der Waals surface area contributed by atoms with Gasteiger partial charge in [0.05, 0.1) is 24.4 Å². The minimum atomic E-state index is -0.591. The van der Waals surface area contributed by atoms with E-state index >= 15 is 0 Å². The van der Waals surface area contributed by atoms with Crippen molar-refractivity contribution in [2.45, 2.75) is 25.5 Å². The van der Waals surface area contributed by atoms with Gasteiger partial charge in [0, 0.05) is 31.2 Å². The average molecular weight is 477 g/mol. The molecule has 2 aliphatic heterocycles. The predicted molar refractivity (Wildman–Crippen MR) is 135 cm³/mol. The molecule has 1 saturated heterocycles. The second-order valence-electron chi connectivity index (χ2n) is 9.37. The van der Waals surface area contributed by atoms with E-state index in [0.717, 1.165) is 71.8 Å². The number of aromatic nitrogens is 1. The number of nitrogens with one attached hydrogen (secondary N) is 2. The molecule has 2 atom stereocenters. The number of anilines is 1. The Morgan fingerprint density at radius 3 is 3.09 bits per heavy atom. The van der Waals surface area contributed by atoms with Crippen molar-refractivity contribution in [3.05, 3.63) is 59.8 Å². The molecule has 0 saturated carbocycles. The Morgan fingerprint density at radius 1 is 1.29 bits per heavy atom. The standard InChI is InChI=1S/C27H32N4O4/c1-34-20-5-6-23-22(12-20)21(8-9-29-23)25(32)16-31-10-2-3-19(15-31)14-28-13-18-4-7-26-24(11-18)30-27(33)17-35-26/h4-9,11-12,19,25,28,32H,2-3,10,13-17H2,1H3,(H,30,33)/t19-,25?/m1/s1. The molecule has 184 valence electrons. The molecule has 1 amide bonds. The van der Waals surface area contributed by atoms with E-state index in [1.807, 2.05) is 42.5 Å². The summed E-state index contributed by atoms with van der Waals surface area (Å²) < 4.78 is 10.8. The van der Waals surface area contributed by atoms with Crippen molar-refractivity contribution in [1.82, 2.24) is 15.2 Å².